The van der Waals surface area contributed by atoms with E-state index in [1.807, 2.05) is 48.5 Å². The van der Waals surface area contributed by atoms with Crippen LogP contribution in [0, 0.1) is 0 Å². The number of hydrogen-bond acceptors (Lipinski definition) is 3. The van der Waals surface area contributed by atoms with Gasteiger partial charge in [-0.05, 0) is 35.4 Å². The Bertz CT molecular complexity index is 616. The Morgan fingerprint density at radius 1 is 0.864 bits per heavy atom. The minimum Gasteiger partial charge on any atom is -0.466 e. The van der Waals surface area contributed by atoms with Crippen LogP contribution in [0.1, 0.15) is 11.1 Å². The van der Waals surface area contributed by atoms with Gasteiger partial charge in [-0.3, -0.25) is 4.79 Å². The number of Topliss-reactive ketones (excluding diaryl/α,β-unsaturated/α-hetero) is 1. The maximum Gasteiger partial charge on any atom is 0.141 e. The van der Waals surface area contributed by atoms with Gasteiger partial charge in [0.2, 0.25) is 0 Å². The Hall–Kier alpha value is -2.81. The molecule has 0 aliphatic carbocycles. The molecule has 0 aromatic heterocycles. The largest absolute Gasteiger partial charge is 0.466 e. The highest BCUT2D eigenvalue weighted by molar-refractivity contribution is 5.83. The van der Waals surface area contributed by atoms with Crippen molar-refractivity contribution in [3.63, 3.8) is 0 Å². The molecule has 22 heavy (non-hydrogen) atoms. The zero-order valence-corrected chi connectivity index (χ0v) is 12.3. The zero-order valence-electron chi connectivity index (χ0n) is 12.3. The third-order valence-electron chi connectivity index (χ3n) is 3.04. The zero-order chi connectivity index (χ0) is 15.8. The molecule has 0 bridgehead atoms. The van der Waals surface area contributed by atoms with Crippen LogP contribution < -0.4 is 9.47 Å². The molecule has 0 unspecified atom stereocenters. The molecule has 2 rings (SSSR count). The Morgan fingerprint density at radius 3 is 1.73 bits per heavy atom. The minimum absolute atomic E-state index is 0.131. The summed E-state index contributed by atoms with van der Waals surface area (Å²) >= 11 is 0. The lowest BCUT2D eigenvalue weighted by molar-refractivity contribution is -0.117. The number of carbonyl (C=O) groups excluding carboxylic acids is 1. The van der Waals surface area contributed by atoms with E-state index in [2.05, 4.69) is 13.2 Å². The average Bonchev–Trinajstić information content (AvgIpc) is 2.48. The first-order chi connectivity index (χ1) is 10.7. The smallest absolute Gasteiger partial charge is 0.141 e. The Labute approximate surface area is 130 Å². The molecule has 3 heteroatoms. The van der Waals surface area contributed by atoms with Gasteiger partial charge in [0.1, 0.15) is 17.3 Å². The van der Waals surface area contributed by atoms with Gasteiger partial charge >= 0.3 is 0 Å². The highest BCUT2D eigenvalue weighted by atomic mass is 16.5. The second kappa shape index (κ2) is 7.84. The standard InChI is InChI=1S/C19H18O3/c1-3-21-18-9-5-7-15(13-18)11-17(20)12-16-8-6-10-19(14-16)22-4-2/h3-10,13-14H,1-2,11-12H2. The van der Waals surface area contributed by atoms with Crippen molar-refractivity contribution >= 4 is 5.78 Å². The summed E-state index contributed by atoms with van der Waals surface area (Å²) < 4.78 is 10.4. The monoisotopic (exact) mass is 294 g/mol. The van der Waals surface area contributed by atoms with Gasteiger partial charge in [0.25, 0.3) is 0 Å². The third-order valence-corrected chi connectivity index (χ3v) is 3.04. The molecule has 0 fully saturated rings. The summed E-state index contributed by atoms with van der Waals surface area (Å²) in [6.07, 6.45) is 3.46. The molecular weight excluding hydrogens is 276 g/mol. The van der Waals surface area contributed by atoms with Crippen LogP contribution in [0.15, 0.2) is 74.2 Å². The van der Waals surface area contributed by atoms with Crippen molar-refractivity contribution in [2.24, 2.45) is 0 Å². The number of rotatable bonds is 8. The van der Waals surface area contributed by atoms with Crippen LogP contribution in [0.25, 0.3) is 0 Å². The van der Waals surface area contributed by atoms with Gasteiger partial charge in [0.15, 0.2) is 0 Å². The second-order valence-electron chi connectivity index (χ2n) is 4.76. The van der Waals surface area contributed by atoms with Crippen LogP contribution in [0.3, 0.4) is 0 Å². The van der Waals surface area contributed by atoms with Crippen molar-refractivity contribution in [3.8, 4) is 11.5 Å². The van der Waals surface area contributed by atoms with Crippen LogP contribution in [0.2, 0.25) is 0 Å². The lowest BCUT2D eigenvalue weighted by Crippen LogP contribution is -2.06. The topological polar surface area (TPSA) is 35.5 Å². The quantitative estimate of drug-likeness (QED) is 0.688. The SMILES string of the molecule is C=COc1cccc(CC(=O)Cc2cccc(OC=C)c2)c1. The highest BCUT2D eigenvalue weighted by Gasteiger charge is 2.07. The van der Waals surface area contributed by atoms with Crippen molar-refractivity contribution < 1.29 is 14.3 Å². The fraction of sp³-hybridized carbons (Fsp3) is 0.105. The number of hydrogen-bond donors (Lipinski definition) is 0. The fourth-order valence-corrected chi connectivity index (χ4v) is 2.17. The first kappa shape index (κ1) is 15.6. The van der Waals surface area contributed by atoms with Crippen molar-refractivity contribution in [2.45, 2.75) is 12.8 Å². The van der Waals surface area contributed by atoms with E-state index in [0.29, 0.717) is 24.3 Å². The van der Waals surface area contributed by atoms with Gasteiger partial charge in [-0.25, -0.2) is 0 Å². The summed E-state index contributed by atoms with van der Waals surface area (Å²) in [5.74, 6) is 1.50. The normalized spacial score (nSPS) is 9.82. The Balaban J connectivity index is 2.00. The van der Waals surface area contributed by atoms with Crippen molar-refractivity contribution in [3.05, 3.63) is 85.3 Å². The van der Waals surface area contributed by atoms with E-state index in [9.17, 15) is 4.79 Å². The average molecular weight is 294 g/mol. The molecule has 2 aromatic carbocycles. The van der Waals surface area contributed by atoms with Crippen LogP contribution in [-0.4, -0.2) is 5.78 Å². The molecule has 0 atom stereocenters. The molecule has 0 spiro atoms. The van der Waals surface area contributed by atoms with E-state index in [-0.39, 0.29) is 5.78 Å². The summed E-state index contributed by atoms with van der Waals surface area (Å²) in [4.78, 5) is 12.2. The summed E-state index contributed by atoms with van der Waals surface area (Å²) in [5, 5.41) is 0. The maximum atomic E-state index is 12.2. The van der Waals surface area contributed by atoms with Gasteiger partial charge in [0.05, 0.1) is 12.5 Å². The lowest BCUT2D eigenvalue weighted by atomic mass is 10.0. The van der Waals surface area contributed by atoms with Gasteiger partial charge in [0, 0.05) is 12.8 Å². The molecule has 112 valence electrons. The van der Waals surface area contributed by atoms with Crippen LogP contribution in [-0.2, 0) is 17.6 Å². The van der Waals surface area contributed by atoms with E-state index in [4.69, 9.17) is 9.47 Å². The summed E-state index contributed by atoms with van der Waals surface area (Å²) in [7, 11) is 0. The van der Waals surface area contributed by atoms with Crippen LogP contribution in [0.5, 0.6) is 11.5 Å². The van der Waals surface area contributed by atoms with E-state index in [1.165, 1.54) is 12.5 Å². The van der Waals surface area contributed by atoms with Gasteiger partial charge in [-0.15, -0.1) is 0 Å². The number of benzene rings is 2. The molecule has 0 saturated carbocycles. The number of carbonyl (C=O) groups is 1. The maximum absolute atomic E-state index is 12.2. The van der Waals surface area contributed by atoms with Gasteiger partial charge in [-0.1, -0.05) is 37.4 Å². The van der Waals surface area contributed by atoms with E-state index >= 15 is 0 Å². The molecule has 0 amide bonds. The van der Waals surface area contributed by atoms with E-state index < -0.39 is 0 Å². The second-order valence-corrected chi connectivity index (χ2v) is 4.76. The van der Waals surface area contributed by atoms with Crippen molar-refractivity contribution in [1.29, 1.82) is 0 Å². The van der Waals surface area contributed by atoms with Crippen molar-refractivity contribution in [2.75, 3.05) is 0 Å². The predicted octanol–water partition coefficient (Wildman–Crippen LogP) is 4.09. The first-order valence-electron chi connectivity index (χ1n) is 6.96. The molecular formula is C19H18O3. The van der Waals surface area contributed by atoms with E-state index in [1.54, 1.807) is 0 Å². The fourth-order valence-electron chi connectivity index (χ4n) is 2.17. The Kier molecular flexibility index (Phi) is 5.55. The van der Waals surface area contributed by atoms with Gasteiger partial charge < -0.3 is 9.47 Å². The van der Waals surface area contributed by atoms with Gasteiger partial charge in [-0.2, -0.15) is 0 Å². The third kappa shape index (κ3) is 4.63. The molecule has 0 aliphatic rings. The van der Waals surface area contributed by atoms with Crippen molar-refractivity contribution in [1.82, 2.24) is 0 Å². The molecule has 0 saturated heterocycles. The predicted molar refractivity (Wildman–Crippen MR) is 86.9 cm³/mol. The van der Waals surface area contributed by atoms with E-state index in [0.717, 1.165) is 11.1 Å². The number of ether oxygens (including phenoxy) is 2. The molecule has 0 aliphatic heterocycles. The van der Waals surface area contributed by atoms with Crippen LogP contribution >= 0.6 is 0 Å². The summed E-state index contributed by atoms with van der Waals surface area (Å²) in [6.45, 7) is 7.04. The minimum atomic E-state index is 0.131. The number of ketones is 1. The molecule has 3 nitrogen and oxygen atoms in total. The summed E-state index contributed by atoms with van der Waals surface area (Å²) in [6, 6.07) is 14.9. The van der Waals surface area contributed by atoms with Crippen LogP contribution in [0.4, 0.5) is 0 Å². The lowest BCUT2D eigenvalue weighted by Gasteiger charge is -2.06. The molecule has 2 aromatic rings. The molecule has 0 N–H and O–H groups in total. The molecule has 0 radical (unpaired) electrons. The molecule has 0 heterocycles. The Morgan fingerprint density at radius 2 is 1.32 bits per heavy atom. The first-order valence-corrected chi connectivity index (χ1v) is 6.96. The summed E-state index contributed by atoms with van der Waals surface area (Å²) in [5.41, 5.74) is 1.84. The highest BCUT2D eigenvalue weighted by Crippen LogP contribution is 2.17.